The predicted octanol–water partition coefficient (Wildman–Crippen LogP) is 1.94. The van der Waals surface area contributed by atoms with Crippen molar-refractivity contribution in [2.75, 3.05) is 0 Å². The molecule has 0 radical (unpaired) electrons. The molecule has 0 aromatic heterocycles. The summed E-state index contributed by atoms with van der Waals surface area (Å²) in [6, 6.07) is 0. The van der Waals surface area contributed by atoms with E-state index in [0.29, 0.717) is 0 Å². The van der Waals surface area contributed by atoms with Gasteiger partial charge < -0.3 is 5.11 Å². The molecule has 0 atom stereocenters. The molecular weight excluding hydrogens is 154 g/mol. The fourth-order valence-corrected chi connectivity index (χ4v) is 0.942. The topological polar surface area (TPSA) is 37.3 Å². The zero-order valence-corrected chi connectivity index (χ0v) is 5.60. The second-order valence-corrected chi connectivity index (χ2v) is 2.26. The fraction of sp³-hybridized carbons (Fsp3) is 0.286. The first kappa shape index (κ1) is 7.91. The Morgan fingerprint density at radius 2 is 2.09 bits per heavy atom. The van der Waals surface area contributed by atoms with Crippen molar-refractivity contribution in [3.8, 4) is 0 Å². The lowest BCUT2D eigenvalue weighted by atomic mass is 10.2. The largest absolute Gasteiger partial charge is 0.478 e. The molecule has 0 spiro atoms. The van der Waals surface area contributed by atoms with Crippen molar-refractivity contribution >= 4 is 5.97 Å². The molecule has 1 rings (SSSR count). The third kappa shape index (κ3) is 1.63. The lowest BCUT2D eigenvalue weighted by Crippen LogP contribution is -1.95. The van der Waals surface area contributed by atoms with Crippen molar-refractivity contribution in [1.82, 2.24) is 0 Å². The Morgan fingerprint density at radius 1 is 1.45 bits per heavy atom. The van der Waals surface area contributed by atoms with Crippen LogP contribution in [0.15, 0.2) is 23.3 Å². The number of hydrogen-bond acceptors (Lipinski definition) is 1. The summed E-state index contributed by atoms with van der Waals surface area (Å²) in [6.07, 6.45) is -0.384. The molecular formula is C7H6F2O2. The minimum atomic E-state index is -1.78. The van der Waals surface area contributed by atoms with Crippen LogP contribution in [0.3, 0.4) is 0 Å². The average Bonchev–Trinajstić information content (AvgIpc) is 2.33. The van der Waals surface area contributed by atoms with Crippen molar-refractivity contribution in [2.45, 2.75) is 12.8 Å². The van der Waals surface area contributed by atoms with E-state index in [0.717, 1.165) is 6.08 Å². The molecule has 2 nitrogen and oxygen atoms in total. The maximum Gasteiger partial charge on any atom is 0.331 e. The number of hydrogen-bond donors (Lipinski definition) is 1. The van der Waals surface area contributed by atoms with Gasteiger partial charge in [0.1, 0.15) is 0 Å². The molecule has 60 valence electrons. The number of rotatable bonds is 1. The summed E-state index contributed by atoms with van der Waals surface area (Å²) in [7, 11) is 0. The van der Waals surface area contributed by atoms with Crippen LogP contribution in [-0.2, 0) is 4.79 Å². The van der Waals surface area contributed by atoms with E-state index in [1.807, 2.05) is 0 Å². The van der Waals surface area contributed by atoms with Crippen molar-refractivity contribution in [3.63, 3.8) is 0 Å². The van der Waals surface area contributed by atoms with E-state index < -0.39 is 12.0 Å². The van der Waals surface area contributed by atoms with E-state index in [1.54, 1.807) is 0 Å². The Hall–Kier alpha value is -1.19. The molecule has 0 heterocycles. The minimum Gasteiger partial charge on any atom is -0.478 e. The number of carbonyl (C=O) groups is 1. The molecule has 0 amide bonds. The second kappa shape index (κ2) is 2.82. The van der Waals surface area contributed by atoms with Crippen molar-refractivity contribution in [2.24, 2.45) is 0 Å². The molecule has 4 heteroatoms. The maximum absolute atomic E-state index is 11.8. The normalized spacial score (nSPS) is 16.5. The average molecular weight is 160 g/mol. The zero-order valence-electron chi connectivity index (χ0n) is 5.60. The van der Waals surface area contributed by atoms with Crippen LogP contribution in [0.4, 0.5) is 8.78 Å². The third-order valence-electron chi connectivity index (χ3n) is 1.53. The smallest absolute Gasteiger partial charge is 0.331 e. The minimum absolute atomic E-state index is 0.0628. The summed E-state index contributed by atoms with van der Waals surface area (Å²) in [6.45, 7) is 0. The van der Waals surface area contributed by atoms with Crippen LogP contribution in [0.25, 0.3) is 0 Å². The van der Waals surface area contributed by atoms with Gasteiger partial charge in [-0.15, -0.1) is 0 Å². The van der Waals surface area contributed by atoms with Gasteiger partial charge in [-0.3, -0.25) is 0 Å². The molecule has 0 aromatic rings. The van der Waals surface area contributed by atoms with Gasteiger partial charge in [0.15, 0.2) is 0 Å². The first-order valence-electron chi connectivity index (χ1n) is 3.09. The summed E-state index contributed by atoms with van der Waals surface area (Å²) in [5, 5.41) is 8.38. The summed E-state index contributed by atoms with van der Waals surface area (Å²) >= 11 is 0. The van der Waals surface area contributed by atoms with Crippen LogP contribution in [0.2, 0.25) is 0 Å². The molecule has 0 fully saturated rings. The zero-order chi connectivity index (χ0) is 8.43. The number of carboxylic acids is 1. The van der Waals surface area contributed by atoms with E-state index in [9.17, 15) is 13.6 Å². The molecule has 11 heavy (non-hydrogen) atoms. The van der Waals surface area contributed by atoms with E-state index in [1.165, 1.54) is 0 Å². The number of allylic oxidation sites excluding steroid dienone is 2. The highest BCUT2D eigenvalue weighted by atomic mass is 19.3. The fourth-order valence-electron chi connectivity index (χ4n) is 0.942. The van der Waals surface area contributed by atoms with Crippen LogP contribution in [-0.4, -0.2) is 11.1 Å². The first-order chi connectivity index (χ1) is 5.11. The summed E-state index contributed by atoms with van der Waals surface area (Å²) in [5.41, 5.74) is -0.0878. The van der Waals surface area contributed by atoms with Gasteiger partial charge in [0, 0.05) is 11.1 Å². The Bertz CT molecular complexity index is 249. The molecule has 1 N–H and O–H groups in total. The summed E-state index contributed by atoms with van der Waals surface area (Å²) in [5.74, 6) is -1.11. The Balaban J connectivity index is 2.85. The standard InChI is InChI=1S/C7H6F2O2/c8-6(9)4-1-2-5(3-4)7(10)11/h3H,1-2H2,(H,10,11). The number of halogens is 2. The van der Waals surface area contributed by atoms with Crippen LogP contribution in [0, 0.1) is 0 Å². The van der Waals surface area contributed by atoms with E-state index in [4.69, 9.17) is 5.11 Å². The highest BCUT2D eigenvalue weighted by Crippen LogP contribution is 2.26. The van der Waals surface area contributed by atoms with Crippen LogP contribution in [0.5, 0.6) is 0 Å². The Morgan fingerprint density at radius 3 is 2.36 bits per heavy atom. The molecule has 1 aliphatic carbocycles. The van der Waals surface area contributed by atoms with Gasteiger partial charge in [-0.05, 0) is 18.9 Å². The van der Waals surface area contributed by atoms with Crippen molar-refractivity contribution in [3.05, 3.63) is 23.3 Å². The first-order valence-corrected chi connectivity index (χ1v) is 3.09. The molecule has 0 saturated heterocycles. The van der Waals surface area contributed by atoms with E-state index in [2.05, 4.69) is 0 Å². The summed E-state index contributed by atoms with van der Waals surface area (Å²) in [4.78, 5) is 10.2. The van der Waals surface area contributed by atoms with Gasteiger partial charge in [0.05, 0.1) is 0 Å². The van der Waals surface area contributed by atoms with Gasteiger partial charge in [-0.1, -0.05) is 0 Å². The maximum atomic E-state index is 11.8. The summed E-state index contributed by atoms with van der Waals surface area (Å²) < 4.78 is 23.6. The highest BCUT2D eigenvalue weighted by molar-refractivity contribution is 5.88. The van der Waals surface area contributed by atoms with Crippen molar-refractivity contribution < 1.29 is 18.7 Å². The third-order valence-corrected chi connectivity index (χ3v) is 1.53. The molecule has 0 bridgehead atoms. The quantitative estimate of drug-likeness (QED) is 0.636. The predicted molar refractivity (Wildman–Crippen MR) is 34.2 cm³/mol. The van der Waals surface area contributed by atoms with Gasteiger partial charge >= 0.3 is 5.97 Å². The van der Waals surface area contributed by atoms with Crippen LogP contribution >= 0.6 is 0 Å². The van der Waals surface area contributed by atoms with Gasteiger partial charge in [0.25, 0.3) is 6.08 Å². The SMILES string of the molecule is O=C(O)C1=CC(=C(F)F)CC1. The second-order valence-electron chi connectivity index (χ2n) is 2.26. The lowest BCUT2D eigenvalue weighted by Gasteiger charge is -1.87. The lowest BCUT2D eigenvalue weighted by molar-refractivity contribution is -0.132. The Labute approximate surface area is 61.8 Å². The molecule has 1 aliphatic rings. The van der Waals surface area contributed by atoms with Crippen molar-refractivity contribution in [1.29, 1.82) is 0 Å². The van der Waals surface area contributed by atoms with Gasteiger partial charge in [-0.2, -0.15) is 8.78 Å². The molecule has 0 unspecified atom stereocenters. The Kier molecular flexibility index (Phi) is 2.03. The highest BCUT2D eigenvalue weighted by Gasteiger charge is 2.18. The molecule has 0 aromatic carbocycles. The van der Waals surface area contributed by atoms with Crippen LogP contribution < -0.4 is 0 Å². The monoisotopic (exact) mass is 160 g/mol. The van der Waals surface area contributed by atoms with Crippen LogP contribution in [0.1, 0.15) is 12.8 Å². The number of carboxylic acid groups (broad SMARTS) is 1. The van der Waals surface area contributed by atoms with E-state index in [-0.39, 0.29) is 24.0 Å². The van der Waals surface area contributed by atoms with Gasteiger partial charge in [-0.25, -0.2) is 4.79 Å². The molecule has 0 aliphatic heterocycles. The van der Waals surface area contributed by atoms with E-state index >= 15 is 0 Å². The molecule has 0 saturated carbocycles. The van der Waals surface area contributed by atoms with Gasteiger partial charge in [0.2, 0.25) is 0 Å². The number of aliphatic carboxylic acids is 1.